The number of likely N-dealkylation sites (tertiary alicyclic amines) is 1. The summed E-state index contributed by atoms with van der Waals surface area (Å²) in [5.74, 6) is 0.762. The lowest BCUT2D eigenvalue weighted by atomic mass is 9.96. The van der Waals surface area contributed by atoms with Crippen molar-refractivity contribution in [2.24, 2.45) is 5.92 Å². The topological polar surface area (TPSA) is 73.9 Å². The molecule has 0 saturated carbocycles. The van der Waals surface area contributed by atoms with Crippen LogP contribution in [0.25, 0.3) is 21.9 Å². The number of rotatable bonds is 3. The van der Waals surface area contributed by atoms with Crippen molar-refractivity contribution in [2.75, 3.05) is 25.5 Å². The summed E-state index contributed by atoms with van der Waals surface area (Å²) in [6.07, 6.45) is 7.27. The lowest BCUT2D eigenvalue weighted by Crippen LogP contribution is -2.36. The van der Waals surface area contributed by atoms with Crippen molar-refractivity contribution in [3.63, 3.8) is 0 Å². The van der Waals surface area contributed by atoms with Crippen LogP contribution in [0.2, 0.25) is 0 Å². The van der Waals surface area contributed by atoms with Gasteiger partial charge in [0, 0.05) is 29.3 Å². The minimum atomic E-state index is 0.0749. The van der Waals surface area contributed by atoms with E-state index in [1.165, 1.54) is 0 Å². The summed E-state index contributed by atoms with van der Waals surface area (Å²) in [5.41, 5.74) is 2.12. The van der Waals surface area contributed by atoms with Gasteiger partial charge in [-0.05, 0) is 56.1 Å². The van der Waals surface area contributed by atoms with E-state index in [9.17, 15) is 4.79 Å². The van der Waals surface area contributed by atoms with Gasteiger partial charge >= 0.3 is 0 Å². The van der Waals surface area contributed by atoms with Crippen molar-refractivity contribution in [2.45, 2.75) is 12.8 Å². The number of piperidine rings is 1. The lowest BCUT2D eigenvalue weighted by molar-refractivity contribution is -0.121. The molecule has 25 heavy (non-hydrogen) atoms. The zero-order valence-corrected chi connectivity index (χ0v) is 14.2. The number of nitrogens with zero attached hydrogens (tertiary/aromatic N) is 3. The summed E-state index contributed by atoms with van der Waals surface area (Å²) < 4.78 is 0. The van der Waals surface area contributed by atoms with Gasteiger partial charge in [0.25, 0.3) is 0 Å². The van der Waals surface area contributed by atoms with E-state index in [1.54, 1.807) is 12.4 Å². The number of H-pyrrole nitrogens is 1. The van der Waals surface area contributed by atoms with Crippen molar-refractivity contribution in [1.82, 2.24) is 20.1 Å². The molecule has 0 radical (unpaired) electrons. The molecule has 0 spiro atoms. The van der Waals surface area contributed by atoms with E-state index in [0.29, 0.717) is 5.82 Å². The number of hydrogen-bond donors (Lipinski definition) is 2. The fourth-order valence-corrected chi connectivity index (χ4v) is 3.30. The number of fused-ring (bicyclic) bond motifs is 1. The second-order valence-corrected chi connectivity index (χ2v) is 6.69. The van der Waals surface area contributed by atoms with Crippen molar-refractivity contribution in [3.05, 3.63) is 42.9 Å². The molecule has 0 unspecified atom stereocenters. The summed E-state index contributed by atoms with van der Waals surface area (Å²) in [4.78, 5) is 19.1. The molecule has 2 aromatic heterocycles. The van der Waals surface area contributed by atoms with E-state index in [-0.39, 0.29) is 11.8 Å². The van der Waals surface area contributed by atoms with Gasteiger partial charge in [-0.2, -0.15) is 5.10 Å². The first-order valence-corrected chi connectivity index (χ1v) is 8.57. The molecule has 1 fully saturated rings. The number of hydrogen-bond acceptors (Lipinski definition) is 4. The second-order valence-electron chi connectivity index (χ2n) is 6.69. The standard InChI is InChI=1S/C19H21N5O/c1-24-6-4-13(5-7-24)19(25)23-18-9-16-8-14(17-11-21-22-12-17)2-3-15(16)10-20-18/h2-3,8-13H,4-7H2,1H3,(H,21,22)(H,20,23,25). The van der Waals surface area contributed by atoms with Gasteiger partial charge in [0.1, 0.15) is 5.82 Å². The number of aromatic amines is 1. The molecule has 0 bridgehead atoms. The largest absolute Gasteiger partial charge is 0.310 e. The molecule has 2 N–H and O–H groups in total. The molecule has 1 aliphatic heterocycles. The highest BCUT2D eigenvalue weighted by Crippen LogP contribution is 2.25. The highest BCUT2D eigenvalue weighted by Gasteiger charge is 2.23. The zero-order chi connectivity index (χ0) is 17.2. The molecular weight excluding hydrogens is 314 g/mol. The molecule has 128 valence electrons. The van der Waals surface area contributed by atoms with E-state index in [0.717, 1.165) is 47.8 Å². The highest BCUT2D eigenvalue weighted by atomic mass is 16.1. The van der Waals surface area contributed by atoms with E-state index in [2.05, 4.69) is 38.5 Å². The van der Waals surface area contributed by atoms with Crippen LogP contribution in [-0.2, 0) is 4.79 Å². The fourth-order valence-electron chi connectivity index (χ4n) is 3.30. The summed E-state index contributed by atoms with van der Waals surface area (Å²) in [6, 6.07) is 8.11. The monoisotopic (exact) mass is 335 g/mol. The van der Waals surface area contributed by atoms with Crippen LogP contribution in [0.4, 0.5) is 5.82 Å². The Bertz CT molecular complexity index is 882. The van der Waals surface area contributed by atoms with Crippen LogP contribution in [0.5, 0.6) is 0 Å². The maximum Gasteiger partial charge on any atom is 0.228 e. The number of aromatic nitrogens is 3. The number of carbonyl (C=O) groups excluding carboxylic acids is 1. The zero-order valence-electron chi connectivity index (χ0n) is 14.2. The second kappa shape index (κ2) is 6.64. The molecule has 1 aliphatic rings. The normalized spacial score (nSPS) is 16.2. The average Bonchev–Trinajstić information content (AvgIpc) is 3.16. The van der Waals surface area contributed by atoms with Gasteiger partial charge < -0.3 is 10.2 Å². The van der Waals surface area contributed by atoms with Gasteiger partial charge in [-0.1, -0.05) is 12.1 Å². The van der Waals surface area contributed by atoms with Crippen LogP contribution in [0.1, 0.15) is 12.8 Å². The molecule has 1 saturated heterocycles. The molecule has 0 atom stereocenters. The third-order valence-electron chi connectivity index (χ3n) is 4.89. The first kappa shape index (κ1) is 15.8. The van der Waals surface area contributed by atoms with E-state index < -0.39 is 0 Å². The van der Waals surface area contributed by atoms with Crippen molar-refractivity contribution >= 4 is 22.5 Å². The number of nitrogens with one attached hydrogen (secondary N) is 2. The predicted octanol–water partition coefficient (Wildman–Crippen LogP) is 2.91. The Morgan fingerprint density at radius 3 is 2.76 bits per heavy atom. The summed E-state index contributed by atoms with van der Waals surface area (Å²) in [6.45, 7) is 1.94. The Kier molecular flexibility index (Phi) is 4.19. The Hall–Kier alpha value is -2.73. The van der Waals surface area contributed by atoms with Crippen LogP contribution in [0, 0.1) is 5.92 Å². The molecule has 1 aromatic carbocycles. The molecule has 6 heteroatoms. The minimum absolute atomic E-state index is 0.0749. The Labute approximate surface area is 146 Å². The maximum absolute atomic E-state index is 12.5. The smallest absolute Gasteiger partial charge is 0.228 e. The van der Waals surface area contributed by atoms with Gasteiger partial charge in [-0.3, -0.25) is 9.89 Å². The molecule has 4 rings (SSSR count). The van der Waals surface area contributed by atoms with Crippen molar-refractivity contribution in [1.29, 1.82) is 0 Å². The molecule has 3 aromatic rings. The third-order valence-corrected chi connectivity index (χ3v) is 4.89. The molecule has 3 heterocycles. The molecule has 6 nitrogen and oxygen atoms in total. The molecule has 0 aliphatic carbocycles. The van der Waals surface area contributed by atoms with Crippen molar-refractivity contribution < 1.29 is 4.79 Å². The van der Waals surface area contributed by atoms with Crippen LogP contribution < -0.4 is 5.32 Å². The Balaban J connectivity index is 1.54. The van der Waals surface area contributed by atoms with Gasteiger partial charge in [0.15, 0.2) is 0 Å². The van der Waals surface area contributed by atoms with E-state index >= 15 is 0 Å². The van der Waals surface area contributed by atoms with E-state index in [1.807, 2.05) is 24.4 Å². The Morgan fingerprint density at radius 1 is 1.16 bits per heavy atom. The maximum atomic E-state index is 12.5. The molecular formula is C19H21N5O. The first-order valence-electron chi connectivity index (χ1n) is 8.57. The van der Waals surface area contributed by atoms with Gasteiger partial charge in [-0.15, -0.1) is 0 Å². The highest BCUT2D eigenvalue weighted by molar-refractivity contribution is 5.95. The SMILES string of the molecule is CN1CCC(C(=O)Nc2cc3cc(-c4cn[nH]c4)ccc3cn2)CC1. The van der Waals surface area contributed by atoms with Gasteiger partial charge in [0.05, 0.1) is 6.20 Å². The first-order chi connectivity index (χ1) is 12.2. The van der Waals surface area contributed by atoms with Crippen LogP contribution >= 0.6 is 0 Å². The third kappa shape index (κ3) is 3.39. The quantitative estimate of drug-likeness (QED) is 0.772. The molecule has 1 amide bonds. The predicted molar refractivity (Wildman–Crippen MR) is 98.2 cm³/mol. The summed E-state index contributed by atoms with van der Waals surface area (Å²) in [7, 11) is 2.09. The van der Waals surface area contributed by atoms with E-state index in [4.69, 9.17) is 0 Å². The minimum Gasteiger partial charge on any atom is -0.310 e. The van der Waals surface area contributed by atoms with Crippen LogP contribution in [0.15, 0.2) is 42.9 Å². The van der Waals surface area contributed by atoms with Crippen molar-refractivity contribution in [3.8, 4) is 11.1 Å². The van der Waals surface area contributed by atoms with Gasteiger partial charge in [0.2, 0.25) is 5.91 Å². The van der Waals surface area contributed by atoms with Crippen LogP contribution in [0.3, 0.4) is 0 Å². The Morgan fingerprint density at radius 2 is 2.00 bits per heavy atom. The van der Waals surface area contributed by atoms with Gasteiger partial charge in [-0.25, -0.2) is 4.98 Å². The number of carbonyl (C=O) groups is 1. The fraction of sp³-hybridized carbons (Fsp3) is 0.316. The number of amides is 1. The average molecular weight is 335 g/mol. The number of benzene rings is 1. The summed E-state index contributed by atoms with van der Waals surface area (Å²) >= 11 is 0. The number of anilines is 1. The lowest BCUT2D eigenvalue weighted by Gasteiger charge is -2.27. The number of pyridine rings is 1. The van der Waals surface area contributed by atoms with Crippen LogP contribution in [-0.4, -0.2) is 46.1 Å². The summed E-state index contributed by atoms with van der Waals surface area (Å²) in [5, 5.41) is 11.9.